The van der Waals surface area contributed by atoms with Crippen LogP contribution in [0.15, 0.2) is 41.5 Å². The minimum absolute atomic E-state index is 0.0312. The van der Waals surface area contributed by atoms with Gasteiger partial charge in [0.2, 0.25) is 5.95 Å². The van der Waals surface area contributed by atoms with Crippen LogP contribution in [0.3, 0.4) is 0 Å². The molecule has 3 heterocycles. The highest BCUT2D eigenvalue weighted by molar-refractivity contribution is 6.35. The van der Waals surface area contributed by atoms with Gasteiger partial charge in [-0.15, -0.1) is 0 Å². The first-order chi connectivity index (χ1) is 15.3. The lowest BCUT2D eigenvalue weighted by Gasteiger charge is -2.21. The monoisotopic (exact) mass is 451 g/mol. The van der Waals surface area contributed by atoms with Gasteiger partial charge >= 0.3 is 0 Å². The predicted octanol–water partition coefficient (Wildman–Crippen LogP) is 2.57. The van der Waals surface area contributed by atoms with Gasteiger partial charge in [0.1, 0.15) is 34.6 Å². The lowest BCUT2D eigenvalue weighted by atomic mass is 10.2. The van der Waals surface area contributed by atoms with E-state index in [9.17, 15) is 14.4 Å². The Morgan fingerprint density at radius 3 is 2.72 bits per heavy atom. The molecule has 0 aliphatic carbocycles. The molecule has 4 aromatic rings. The Balaban J connectivity index is 1.97. The number of rotatable bonds is 4. The number of pyridine rings is 1. The van der Waals surface area contributed by atoms with E-state index in [2.05, 4.69) is 25.3 Å². The molecule has 1 aromatic carbocycles. The van der Waals surface area contributed by atoms with Crippen LogP contribution in [0.4, 0.5) is 22.0 Å². The van der Waals surface area contributed by atoms with Gasteiger partial charge in [-0.3, -0.25) is 14.3 Å². The van der Waals surface area contributed by atoms with Crippen LogP contribution in [-0.4, -0.2) is 24.5 Å². The highest BCUT2D eigenvalue weighted by Gasteiger charge is 2.23. The second kappa shape index (κ2) is 8.09. The topological polar surface area (TPSA) is 161 Å². The average Bonchev–Trinajstić information content (AvgIpc) is 2.76. The lowest BCUT2D eigenvalue weighted by Crippen LogP contribution is -2.28. The van der Waals surface area contributed by atoms with E-state index in [1.165, 1.54) is 16.8 Å². The van der Waals surface area contributed by atoms with Crippen LogP contribution in [0.1, 0.15) is 24.4 Å². The van der Waals surface area contributed by atoms with Crippen molar-refractivity contribution >= 4 is 40.1 Å². The first-order valence-corrected chi connectivity index (χ1v) is 9.60. The van der Waals surface area contributed by atoms with Crippen LogP contribution >= 0.6 is 11.6 Å². The van der Waals surface area contributed by atoms with Gasteiger partial charge in [-0.05, 0) is 31.2 Å². The van der Waals surface area contributed by atoms with E-state index in [1.54, 1.807) is 25.3 Å². The molecule has 0 spiro atoms. The van der Waals surface area contributed by atoms with E-state index >= 15 is 0 Å². The summed E-state index contributed by atoms with van der Waals surface area (Å²) in [5, 5.41) is 12.4. The number of anilines is 3. The molecule has 0 unspecified atom stereocenters. The summed E-state index contributed by atoms with van der Waals surface area (Å²) in [5.74, 6) is -0.796. The third kappa shape index (κ3) is 3.52. The van der Waals surface area contributed by atoms with E-state index in [0.717, 1.165) is 6.07 Å². The predicted molar refractivity (Wildman–Crippen MR) is 118 cm³/mol. The van der Waals surface area contributed by atoms with Crippen molar-refractivity contribution in [2.45, 2.75) is 13.0 Å². The molecule has 4 rings (SSSR count). The van der Waals surface area contributed by atoms with Crippen molar-refractivity contribution in [1.82, 2.24) is 24.5 Å². The van der Waals surface area contributed by atoms with Crippen LogP contribution < -0.4 is 22.3 Å². The van der Waals surface area contributed by atoms with E-state index in [1.807, 2.05) is 6.07 Å². The standard InChI is InChI=1S/C20H15ClFN9O/c1-9(27-17-11(7-23)16(24)29-20(25)30-17)18-28-15-13(22)5-4-12(21)14(15)19(32)31(18)10-3-2-6-26-8-10/h2-6,8-9H,1H3,(H5,24,25,27,29,30)/t9-/m0/s1. The molecule has 32 heavy (non-hydrogen) atoms. The molecule has 1 atom stereocenters. The van der Waals surface area contributed by atoms with Crippen molar-refractivity contribution in [2.75, 3.05) is 16.8 Å². The number of fused-ring (bicyclic) bond motifs is 1. The summed E-state index contributed by atoms with van der Waals surface area (Å²) in [6.07, 6.45) is 3.00. The minimum atomic E-state index is -0.758. The molecule has 0 saturated heterocycles. The summed E-state index contributed by atoms with van der Waals surface area (Å²) >= 11 is 6.20. The van der Waals surface area contributed by atoms with Gasteiger partial charge in [-0.1, -0.05) is 11.6 Å². The second-order valence-corrected chi connectivity index (χ2v) is 7.15. The minimum Gasteiger partial charge on any atom is -0.382 e. The number of halogens is 2. The molecule has 160 valence electrons. The highest BCUT2D eigenvalue weighted by atomic mass is 35.5. The van der Waals surface area contributed by atoms with Crippen LogP contribution in [0.2, 0.25) is 5.02 Å². The highest BCUT2D eigenvalue weighted by Crippen LogP contribution is 2.27. The maximum Gasteiger partial charge on any atom is 0.267 e. The van der Waals surface area contributed by atoms with Crippen LogP contribution in [0.25, 0.3) is 16.6 Å². The maximum absolute atomic E-state index is 14.6. The van der Waals surface area contributed by atoms with Gasteiger partial charge in [0.05, 0.1) is 28.3 Å². The zero-order valence-electron chi connectivity index (χ0n) is 16.5. The lowest BCUT2D eigenvalue weighted by molar-refractivity contribution is 0.632. The van der Waals surface area contributed by atoms with Gasteiger partial charge < -0.3 is 16.8 Å². The van der Waals surface area contributed by atoms with Crippen molar-refractivity contribution in [2.24, 2.45) is 0 Å². The number of hydrogen-bond donors (Lipinski definition) is 3. The molecule has 0 bridgehead atoms. The number of aromatic nitrogens is 5. The van der Waals surface area contributed by atoms with E-state index < -0.39 is 17.4 Å². The average molecular weight is 452 g/mol. The molecule has 0 radical (unpaired) electrons. The van der Waals surface area contributed by atoms with Crippen molar-refractivity contribution in [3.63, 3.8) is 0 Å². The molecule has 0 fully saturated rings. The van der Waals surface area contributed by atoms with Crippen LogP contribution in [-0.2, 0) is 0 Å². The molecule has 5 N–H and O–H groups in total. The molecular weight excluding hydrogens is 437 g/mol. The fourth-order valence-corrected chi connectivity index (χ4v) is 3.47. The molecule has 0 aliphatic rings. The smallest absolute Gasteiger partial charge is 0.267 e. The third-order valence-corrected chi connectivity index (χ3v) is 4.98. The van der Waals surface area contributed by atoms with Crippen molar-refractivity contribution in [3.05, 3.63) is 69.2 Å². The number of nitrogens with one attached hydrogen (secondary N) is 1. The first-order valence-electron chi connectivity index (χ1n) is 9.22. The summed E-state index contributed by atoms with van der Waals surface area (Å²) in [5.41, 5.74) is 11.0. The summed E-state index contributed by atoms with van der Waals surface area (Å²) in [6, 6.07) is 6.86. The number of nitriles is 1. The first kappa shape index (κ1) is 21.0. The maximum atomic E-state index is 14.6. The Hall–Kier alpha value is -4.30. The Kier molecular flexibility index (Phi) is 5.29. The van der Waals surface area contributed by atoms with E-state index in [0.29, 0.717) is 5.69 Å². The van der Waals surface area contributed by atoms with Gasteiger partial charge in [0.25, 0.3) is 5.56 Å². The zero-order valence-corrected chi connectivity index (χ0v) is 17.3. The third-order valence-electron chi connectivity index (χ3n) is 4.66. The van der Waals surface area contributed by atoms with Crippen LogP contribution in [0, 0.1) is 17.1 Å². The Morgan fingerprint density at radius 2 is 2.03 bits per heavy atom. The number of hydrogen-bond acceptors (Lipinski definition) is 9. The zero-order chi connectivity index (χ0) is 23.0. The van der Waals surface area contributed by atoms with Crippen molar-refractivity contribution < 1.29 is 4.39 Å². The van der Waals surface area contributed by atoms with E-state index in [-0.39, 0.29) is 44.9 Å². The summed E-state index contributed by atoms with van der Waals surface area (Å²) in [7, 11) is 0. The molecular formula is C20H15ClFN9O. The number of nitrogens with two attached hydrogens (primary N) is 2. The van der Waals surface area contributed by atoms with Gasteiger partial charge in [-0.25, -0.2) is 9.37 Å². The van der Waals surface area contributed by atoms with Gasteiger partial charge in [0, 0.05) is 6.20 Å². The fraction of sp³-hybridized carbons (Fsp3) is 0.100. The summed E-state index contributed by atoms with van der Waals surface area (Å²) in [6.45, 7) is 1.65. The molecule has 0 saturated carbocycles. The Morgan fingerprint density at radius 1 is 1.25 bits per heavy atom. The summed E-state index contributed by atoms with van der Waals surface area (Å²) in [4.78, 5) is 29.6. The molecule has 10 nitrogen and oxygen atoms in total. The van der Waals surface area contributed by atoms with E-state index in [4.69, 9.17) is 23.1 Å². The number of benzene rings is 1. The molecule has 0 amide bonds. The van der Waals surface area contributed by atoms with Crippen molar-refractivity contribution in [1.29, 1.82) is 5.26 Å². The largest absolute Gasteiger partial charge is 0.382 e. The Labute approximate surface area is 185 Å². The molecule has 3 aromatic heterocycles. The second-order valence-electron chi connectivity index (χ2n) is 6.74. The molecule has 0 aliphatic heterocycles. The van der Waals surface area contributed by atoms with Gasteiger partial charge in [-0.2, -0.15) is 15.2 Å². The fourth-order valence-electron chi connectivity index (χ4n) is 3.24. The summed E-state index contributed by atoms with van der Waals surface area (Å²) < 4.78 is 15.8. The SMILES string of the molecule is C[C@H](Nc1nc(N)nc(N)c1C#N)c1nc2c(F)ccc(Cl)c2c(=O)n1-c1cccnc1. The quantitative estimate of drug-likeness (QED) is 0.423. The van der Waals surface area contributed by atoms with Gasteiger partial charge in [0.15, 0.2) is 5.82 Å². The Bertz CT molecular complexity index is 1450. The number of nitrogens with zero attached hydrogens (tertiary/aromatic N) is 6. The normalized spacial score (nSPS) is 11.8. The number of nitrogen functional groups attached to an aromatic ring is 2. The molecule has 12 heteroatoms. The van der Waals surface area contributed by atoms with Crippen molar-refractivity contribution in [3.8, 4) is 11.8 Å². The van der Waals surface area contributed by atoms with Crippen LogP contribution in [0.5, 0.6) is 0 Å².